The zero-order valence-electron chi connectivity index (χ0n) is 11.0. The summed E-state index contributed by atoms with van der Waals surface area (Å²) in [5.74, 6) is -0.256. The Morgan fingerprint density at radius 3 is 2.89 bits per heavy atom. The van der Waals surface area contributed by atoms with Gasteiger partial charge in [0, 0.05) is 13.1 Å². The Morgan fingerprint density at radius 2 is 2.33 bits per heavy atom. The lowest BCUT2D eigenvalue weighted by atomic mass is 10.1. The molecule has 1 aromatic rings. The topological polar surface area (TPSA) is 98.8 Å². The van der Waals surface area contributed by atoms with Crippen molar-refractivity contribution in [2.45, 2.75) is 39.2 Å². The van der Waals surface area contributed by atoms with Crippen molar-refractivity contribution in [1.82, 2.24) is 15.1 Å². The smallest absolute Gasteiger partial charge is 0.276 e. The molecule has 1 rings (SSSR count). The molecule has 98 valence electrons. The Balaban J connectivity index is 2.87. The van der Waals surface area contributed by atoms with Crippen molar-refractivity contribution in [3.05, 3.63) is 11.4 Å². The van der Waals surface area contributed by atoms with Gasteiger partial charge in [0.05, 0.1) is 23.9 Å². The van der Waals surface area contributed by atoms with Crippen molar-refractivity contribution >= 4 is 11.6 Å². The first-order valence-corrected chi connectivity index (χ1v) is 5.99. The highest BCUT2D eigenvalue weighted by atomic mass is 16.2. The van der Waals surface area contributed by atoms with E-state index in [1.165, 1.54) is 4.90 Å². The Labute approximate surface area is 107 Å². The molecule has 1 aromatic heterocycles. The Morgan fingerprint density at radius 1 is 1.67 bits per heavy atom. The van der Waals surface area contributed by atoms with E-state index in [2.05, 4.69) is 10.2 Å². The van der Waals surface area contributed by atoms with Crippen LogP contribution in [0.15, 0.2) is 0 Å². The summed E-state index contributed by atoms with van der Waals surface area (Å²) in [7, 11) is 1.65. The van der Waals surface area contributed by atoms with Gasteiger partial charge in [-0.25, -0.2) is 0 Å². The molecule has 1 amide bonds. The monoisotopic (exact) mass is 249 g/mol. The summed E-state index contributed by atoms with van der Waals surface area (Å²) in [6, 6.07) is 1.88. The number of nitrogens with zero attached hydrogens (tertiary/aromatic N) is 3. The number of aromatic amines is 1. The summed E-state index contributed by atoms with van der Waals surface area (Å²) in [5, 5.41) is 15.4. The number of carbonyl (C=O) groups is 1. The zero-order valence-corrected chi connectivity index (χ0v) is 11.0. The maximum Gasteiger partial charge on any atom is 0.276 e. The fraction of sp³-hybridized carbons (Fsp3) is 0.583. The number of rotatable bonds is 5. The van der Waals surface area contributed by atoms with Gasteiger partial charge in [0.25, 0.3) is 5.91 Å². The molecule has 0 aromatic carbocycles. The number of nitrogen functional groups attached to an aromatic ring is 1. The van der Waals surface area contributed by atoms with Crippen LogP contribution in [-0.2, 0) is 6.42 Å². The van der Waals surface area contributed by atoms with Crippen molar-refractivity contribution < 1.29 is 4.79 Å². The third-order valence-corrected chi connectivity index (χ3v) is 2.95. The van der Waals surface area contributed by atoms with Crippen LogP contribution in [0.1, 0.15) is 42.9 Å². The van der Waals surface area contributed by atoms with Crippen molar-refractivity contribution in [1.29, 1.82) is 5.26 Å². The number of H-pyrrole nitrogens is 1. The molecule has 0 radical (unpaired) electrons. The molecule has 0 spiro atoms. The lowest BCUT2D eigenvalue weighted by Gasteiger charge is -2.22. The average Bonchev–Trinajstić information content (AvgIpc) is 2.70. The Bertz CT molecular complexity index is 460. The molecule has 1 heterocycles. The average molecular weight is 249 g/mol. The number of nitriles is 1. The van der Waals surface area contributed by atoms with E-state index in [1.807, 2.05) is 19.9 Å². The maximum atomic E-state index is 12.2. The van der Waals surface area contributed by atoms with Crippen molar-refractivity contribution in [2.75, 3.05) is 12.8 Å². The molecule has 3 N–H and O–H groups in total. The molecule has 0 saturated carbocycles. The third-order valence-electron chi connectivity index (χ3n) is 2.95. The van der Waals surface area contributed by atoms with E-state index in [-0.39, 0.29) is 24.1 Å². The summed E-state index contributed by atoms with van der Waals surface area (Å²) < 4.78 is 0. The van der Waals surface area contributed by atoms with Crippen molar-refractivity contribution in [2.24, 2.45) is 0 Å². The maximum absolute atomic E-state index is 12.2. The molecule has 0 fully saturated rings. The highest BCUT2D eigenvalue weighted by Crippen LogP contribution is 2.18. The van der Waals surface area contributed by atoms with Crippen molar-refractivity contribution in [3.8, 4) is 6.07 Å². The van der Waals surface area contributed by atoms with Crippen LogP contribution in [0.4, 0.5) is 5.69 Å². The molecule has 18 heavy (non-hydrogen) atoms. The molecule has 1 unspecified atom stereocenters. The van der Waals surface area contributed by atoms with Crippen LogP contribution in [0.2, 0.25) is 0 Å². The normalized spacial score (nSPS) is 11.9. The highest BCUT2D eigenvalue weighted by molar-refractivity contribution is 5.97. The molecule has 0 aliphatic heterocycles. The Hall–Kier alpha value is -2.03. The molecule has 0 saturated heterocycles. The molecule has 0 bridgehead atoms. The van der Waals surface area contributed by atoms with Crippen LogP contribution in [0.25, 0.3) is 0 Å². The minimum atomic E-state index is -0.256. The molecule has 0 aliphatic carbocycles. The van der Waals surface area contributed by atoms with E-state index in [1.54, 1.807) is 7.05 Å². The highest BCUT2D eigenvalue weighted by Gasteiger charge is 2.23. The van der Waals surface area contributed by atoms with Crippen LogP contribution in [0.3, 0.4) is 0 Å². The van der Waals surface area contributed by atoms with Gasteiger partial charge < -0.3 is 10.6 Å². The van der Waals surface area contributed by atoms with Gasteiger partial charge in [-0.05, 0) is 13.3 Å². The second kappa shape index (κ2) is 6.05. The minimum absolute atomic E-state index is 0.159. The Kier molecular flexibility index (Phi) is 4.72. The number of nitrogens with one attached hydrogen (secondary N) is 1. The van der Waals surface area contributed by atoms with Gasteiger partial charge in [-0.15, -0.1) is 0 Å². The number of hydrogen-bond donors (Lipinski definition) is 2. The van der Waals surface area contributed by atoms with Gasteiger partial charge >= 0.3 is 0 Å². The number of anilines is 1. The lowest BCUT2D eigenvalue weighted by Crippen LogP contribution is -2.35. The van der Waals surface area contributed by atoms with Crippen LogP contribution >= 0.6 is 0 Å². The van der Waals surface area contributed by atoms with Crippen LogP contribution in [-0.4, -0.2) is 34.1 Å². The van der Waals surface area contributed by atoms with Gasteiger partial charge in [0.2, 0.25) is 0 Å². The van der Waals surface area contributed by atoms with Crippen LogP contribution in [0, 0.1) is 11.3 Å². The molecule has 1 atom stereocenters. The fourth-order valence-electron chi connectivity index (χ4n) is 1.63. The van der Waals surface area contributed by atoms with E-state index in [0.717, 1.165) is 18.5 Å². The molecule has 6 heteroatoms. The summed E-state index contributed by atoms with van der Waals surface area (Å²) >= 11 is 0. The number of aromatic nitrogens is 2. The molecular weight excluding hydrogens is 230 g/mol. The molecule has 0 aliphatic rings. The van der Waals surface area contributed by atoms with Gasteiger partial charge in [-0.1, -0.05) is 13.3 Å². The first-order valence-electron chi connectivity index (χ1n) is 5.99. The van der Waals surface area contributed by atoms with Crippen molar-refractivity contribution in [3.63, 3.8) is 0 Å². The zero-order chi connectivity index (χ0) is 13.7. The van der Waals surface area contributed by atoms with Gasteiger partial charge in [0.15, 0.2) is 5.69 Å². The van der Waals surface area contributed by atoms with Crippen LogP contribution < -0.4 is 5.73 Å². The first-order chi connectivity index (χ1) is 8.52. The second-order valence-corrected chi connectivity index (χ2v) is 4.34. The number of nitrogens with two attached hydrogens (primary N) is 1. The van der Waals surface area contributed by atoms with E-state index < -0.39 is 0 Å². The third kappa shape index (κ3) is 2.80. The quantitative estimate of drug-likeness (QED) is 0.822. The number of hydrogen-bond acceptors (Lipinski definition) is 4. The van der Waals surface area contributed by atoms with Crippen LogP contribution in [0.5, 0.6) is 0 Å². The summed E-state index contributed by atoms with van der Waals surface area (Å²) in [6.07, 6.45) is 1.98. The standard InChI is InChI=1S/C12H19N5O/c1-4-5-9-10(14)11(16-15-9)12(18)17(3)8(2)6-7-13/h8H,4-6,14H2,1-3H3,(H,15,16). The predicted octanol–water partition coefficient (Wildman–Crippen LogP) is 1.32. The minimum Gasteiger partial charge on any atom is -0.395 e. The SMILES string of the molecule is CCCc1[nH]nc(C(=O)N(C)C(C)CC#N)c1N. The molecule has 6 nitrogen and oxygen atoms in total. The van der Waals surface area contributed by atoms with Gasteiger partial charge in [-0.3, -0.25) is 9.89 Å². The van der Waals surface area contributed by atoms with Gasteiger partial charge in [-0.2, -0.15) is 10.4 Å². The summed E-state index contributed by atoms with van der Waals surface area (Å²) in [5.41, 5.74) is 7.35. The van der Waals surface area contributed by atoms with E-state index >= 15 is 0 Å². The lowest BCUT2D eigenvalue weighted by molar-refractivity contribution is 0.0741. The number of aryl methyl sites for hydroxylation is 1. The largest absolute Gasteiger partial charge is 0.395 e. The number of amides is 1. The summed E-state index contributed by atoms with van der Waals surface area (Å²) in [4.78, 5) is 13.6. The summed E-state index contributed by atoms with van der Waals surface area (Å²) in [6.45, 7) is 3.85. The van der Waals surface area contributed by atoms with E-state index in [4.69, 9.17) is 11.0 Å². The van der Waals surface area contributed by atoms with Gasteiger partial charge in [0.1, 0.15) is 0 Å². The second-order valence-electron chi connectivity index (χ2n) is 4.34. The van der Waals surface area contributed by atoms with E-state index in [0.29, 0.717) is 5.69 Å². The predicted molar refractivity (Wildman–Crippen MR) is 68.8 cm³/mol. The fourth-order valence-corrected chi connectivity index (χ4v) is 1.63. The van der Waals surface area contributed by atoms with E-state index in [9.17, 15) is 4.79 Å². The first kappa shape index (κ1) is 14.0. The molecular formula is C12H19N5O. The number of carbonyl (C=O) groups excluding carboxylic acids is 1.